The second-order valence-electron chi connectivity index (χ2n) is 3.78. The zero-order valence-electron chi connectivity index (χ0n) is 9.84. The number of esters is 1. The van der Waals surface area contributed by atoms with Crippen molar-refractivity contribution in [2.75, 3.05) is 13.7 Å². The average molecular weight is 246 g/mol. The highest BCUT2D eigenvalue weighted by Gasteiger charge is 2.38. The highest BCUT2D eigenvalue weighted by molar-refractivity contribution is 7.80. The number of allylic oxidation sites excluding steroid dienone is 2. The molecule has 1 rings (SSSR count). The first-order chi connectivity index (χ1) is 7.61. The lowest BCUT2D eigenvalue weighted by Gasteiger charge is -2.29. The normalized spacial score (nSPS) is 31.1. The Hall–Kier alpha value is -0.680. The van der Waals surface area contributed by atoms with Gasteiger partial charge in [-0.25, -0.2) is 4.21 Å². The first-order valence-corrected chi connectivity index (χ1v) is 6.54. The predicted molar refractivity (Wildman–Crippen MR) is 62.0 cm³/mol. The molecular formula is C11H18O4S. The van der Waals surface area contributed by atoms with Crippen molar-refractivity contribution in [3.8, 4) is 0 Å². The molecule has 0 aliphatic heterocycles. The van der Waals surface area contributed by atoms with E-state index in [1.54, 1.807) is 6.92 Å². The fourth-order valence-electron chi connectivity index (χ4n) is 1.94. The van der Waals surface area contributed by atoms with Crippen LogP contribution in [0.1, 0.15) is 20.3 Å². The van der Waals surface area contributed by atoms with Crippen LogP contribution in [0.15, 0.2) is 12.2 Å². The molecule has 4 nitrogen and oxygen atoms in total. The van der Waals surface area contributed by atoms with Crippen LogP contribution in [0.5, 0.6) is 0 Å². The van der Waals surface area contributed by atoms with Gasteiger partial charge < -0.3 is 4.74 Å². The summed E-state index contributed by atoms with van der Waals surface area (Å²) in [5, 5.41) is -0.299. The zero-order valence-corrected chi connectivity index (χ0v) is 10.7. The van der Waals surface area contributed by atoms with Crippen molar-refractivity contribution in [3.63, 3.8) is 0 Å². The Labute approximate surface area is 98.7 Å². The fraction of sp³-hybridized carbons (Fsp3) is 0.727. The number of methoxy groups -OCH3 is 1. The van der Waals surface area contributed by atoms with Crippen molar-refractivity contribution in [3.05, 3.63) is 12.2 Å². The van der Waals surface area contributed by atoms with Gasteiger partial charge in [-0.05, 0) is 19.3 Å². The van der Waals surface area contributed by atoms with Gasteiger partial charge in [-0.15, -0.1) is 0 Å². The Morgan fingerprint density at radius 2 is 2.25 bits per heavy atom. The Morgan fingerprint density at radius 3 is 2.81 bits per heavy atom. The van der Waals surface area contributed by atoms with Gasteiger partial charge in [0.05, 0.1) is 24.9 Å². The summed E-state index contributed by atoms with van der Waals surface area (Å²) < 4.78 is 21.7. The molecule has 1 aliphatic rings. The Morgan fingerprint density at radius 1 is 1.56 bits per heavy atom. The summed E-state index contributed by atoms with van der Waals surface area (Å²) in [4.78, 5) is 11.7. The summed E-state index contributed by atoms with van der Waals surface area (Å²) in [5.41, 5.74) is 0. The highest BCUT2D eigenvalue weighted by Crippen LogP contribution is 2.30. The molecule has 0 aromatic carbocycles. The third kappa shape index (κ3) is 2.92. The summed E-state index contributed by atoms with van der Waals surface area (Å²) in [6, 6.07) is 0. The van der Waals surface area contributed by atoms with Gasteiger partial charge in [-0.2, -0.15) is 0 Å². The molecule has 0 aromatic rings. The molecule has 0 aromatic heterocycles. The largest absolute Gasteiger partial charge is 0.469 e. The molecule has 0 spiro atoms. The van der Waals surface area contributed by atoms with Crippen molar-refractivity contribution in [1.29, 1.82) is 0 Å². The van der Waals surface area contributed by atoms with Crippen LogP contribution in [-0.4, -0.2) is 29.1 Å². The molecule has 92 valence electrons. The van der Waals surface area contributed by atoms with Crippen molar-refractivity contribution in [1.82, 2.24) is 0 Å². The molecule has 0 heterocycles. The standard InChI is InChI=1S/C11H18O4S/c1-4-15-16(13)9-7-5-6-8(2)10(9)11(12)14-3/h5-6,8-10H,4,7H2,1-3H3/t8-,9+,10-,16?/m0/s1. The smallest absolute Gasteiger partial charge is 0.310 e. The lowest BCUT2D eigenvalue weighted by atomic mass is 9.85. The Balaban J connectivity index is 2.84. The molecule has 0 N–H and O–H groups in total. The molecule has 16 heavy (non-hydrogen) atoms. The van der Waals surface area contributed by atoms with Gasteiger partial charge in [0.1, 0.15) is 0 Å². The van der Waals surface area contributed by atoms with Gasteiger partial charge in [0.15, 0.2) is 11.1 Å². The highest BCUT2D eigenvalue weighted by atomic mass is 32.2. The van der Waals surface area contributed by atoms with Crippen molar-refractivity contribution >= 4 is 17.0 Å². The first kappa shape index (κ1) is 13.4. The van der Waals surface area contributed by atoms with Gasteiger partial charge in [-0.1, -0.05) is 19.1 Å². The van der Waals surface area contributed by atoms with Crippen LogP contribution in [0, 0.1) is 11.8 Å². The number of rotatable bonds is 4. The third-order valence-electron chi connectivity index (χ3n) is 2.73. The van der Waals surface area contributed by atoms with Crippen LogP contribution in [0.3, 0.4) is 0 Å². The quantitative estimate of drug-likeness (QED) is 0.556. The van der Waals surface area contributed by atoms with E-state index in [-0.39, 0.29) is 23.1 Å². The summed E-state index contributed by atoms with van der Waals surface area (Å²) in [7, 11) is 1.36. The summed E-state index contributed by atoms with van der Waals surface area (Å²) >= 11 is -1.43. The molecule has 0 saturated carbocycles. The van der Waals surface area contributed by atoms with Crippen LogP contribution >= 0.6 is 0 Å². The van der Waals surface area contributed by atoms with E-state index in [1.807, 2.05) is 19.1 Å². The van der Waals surface area contributed by atoms with E-state index in [1.165, 1.54) is 7.11 Å². The maximum absolute atomic E-state index is 11.8. The van der Waals surface area contributed by atoms with Gasteiger partial charge in [-0.3, -0.25) is 8.98 Å². The SMILES string of the molecule is CCOS(=O)[C@@H]1CC=C[C@H](C)[C@@H]1C(=O)OC. The molecule has 1 aliphatic carbocycles. The third-order valence-corrected chi connectivity index (χ3v) is 4.18. The van der Waals surface area contributed by atoms with Gasteiger partial charge >= 0.3 is 5.97 Å². The minimum Gasteiger partial charge on any atom is -0.469 e. The number of hydrogen-bond donors (Lipinski definition) is 0. The van der Waals surface area contributed by atoms with E-state index in [0.717, 1.165) is 0 Å². The molecule has 0 amide bonds. The molecule has 4 atom stereocenters. The van der Waals surface area contributed by atoms with Crippen molar-refractivity contribution in [2.45, 2.75) is 25.5 Å². The van der Waals surface area contributed by atoms with Crippen LogP contribution in [0.25, 0.3) is 0 Å². The number of carbonyl (C=O) groups excluding carboxylic acids is 1. The minimum absolute atomic E-state index is 0.0376. The number of hydrogen-bond acceptors (Lipinski definition) is 4. The zero-order chi connectivity index (χ0) is 12.1. The van der Waals surface area contributed by atoms with E-state index in [0.29, 0.717) is 13.0 Å². The van der Waals surface area contributed by atoms with Crippen LogP contribution in [-0.2, 0) is 24.8 Å². The Bertz CT molecular complexity index is 300. The summed E-state index contributed by atoms with van der Waals surface area (Å²) in [6.45, 7) is 4.09. The lowest BCUT2D eigenvalue weighted by Crippen LogP contribution is -2.39. The summed E-state index contributed by atoms with van der Waals surface area (Å²) in [5.74, 6) is -0.645. The molecular weight excluding hydrogens is 228 g/mol. The first-order valence-electron chi connectivity index (χ1n) is 5.40. The second-order valence-corrected chi connectivity index (χ2v) is 5.14. The van der Waals surface area contributed by atoms with Gasteiger partial charge in [0.2, 0.25) is 0 Å². The van der Waals surface area contributed by atoms with E-state index in [4.69, 9.17) is 8.92 Å². The van der Waals surface area contributed by atoms with Crippen LogP contribution in [0.2, 0.25) is 0 Å². The van der Waals surface area contributed by atoms with E-state index in [2.05, 4.69) is 0 Å². The number of ether oxygens (including phenoxy) is 1. The van der Waals surface area contributed by atoms with Crippen molar-refractivity contribution in [2.24, 2.45) is 11.8 Å². The molecule has 1 unspecified atom stereocenters. The molecule has 0 radical (unpaired) electrons. The predicted octanol–water partition coefficient (Wildman–Crippen LogP) is 1.44. The van der Waals surface area contributed by atoms with Gasteiger partial charge in [0.25, 0.3) is 0 Å². The maximum Gasteiger partial charge on any atom is 0.310 e. The molecule has 5 heteroatoms. The van der Waals surface area contributed by atoms with E-state index < -0.39 is 11.1 Å². The van der Waals surface area contributed by atoms with Gasteiger partial charge in [0, 0.05) is 0 Å². The maximum atomic E-state index is 11.8. The lowest BCUT2D eigenvalue weighted by molar-refractivity contribution is -0.146. The summed E-state index contributed by atoms with van der Waals surface area (Å²) in [6.07, 6.45) is 4.50. The van der Waals surface area contributed by atoms with E-state index in [9.17, 15) is 9.00 Å². The fourth-order valence-corrected chi connectivity index (χ4v) is 3.21. The van der Waals surface area contributed by atoms with Crippen LogP contribution in [0.4, 0.5) is 0 Å². The molecule has 0 saturated heterocycles. The average Bonchev–Trinajstić information content (AvgIpc) is 2.28. The number of carbonyl (C=O) groups is 1. The van der Waals surface area contributed by atoms with Crippen molar-refractivity contribution < 1.29 is 17.9 Å². The minimum atomic E-state index is -1.43. The molecule has 0 bridgehead atoms. The second kappa shape index (κ2) is 6.15. The molecule has 0 fully saturated rings. The Kier molecular flexibility index (Phi) is 5.15. The van der Waals surface area contributed by atoms with E-state index >= 15 is 0 Å². The monoisotopic (exact) mass is 246 g/mol. The topological polar surface area (TPSA) is 52.6 Å². The van der Waals surface area contributed by atoms with Crippen LogP contribution < -0.4 is 0 Å².